The van der Waals surface area contributed by atoms with Gasteiger partial charge in [0.1, 0.15) is 5.69 Å². The third-order valence-corrected chi connectivity index (χ3v) is 4.78. The molecular weight excluding hydrogens is 369 g/mol. The van der Waals surface area contributed by atoms with Gasteiger partial charge in [-0.15, -0.1) is 0 Å². The molecule has 1 fully saturated rings. The molecule has 0 aliphatic carbocycles. The van der Waals surface area contributed by atoms with Gasteiger partial charge in [-0.25, -0.2) is 14.4 Å². The van der Waals surface area contributed by atoms with E-state index in [0.29, 0.717) is 24.6 Å². The zero-order valence-electron chi connectivity index (χ0n) is 16.1. The van der Waals surface area contributed by atoms with E-state index in [-0.39, 0.29) is 0 Å². The number of halogens is 1. The van der Waals surface area contributed by atoms with E-state index in [4.69, 9.17) is 4.74 Å². The smallest absolute Gasteiger partial charge is 0.227 e. The number of hydrogen-bond donors (Lipinski definition) is 2. The fraction of sp³-hybridized carbons (Fsp3) is 0.273. The predicted molar refractivity (Wildman–Crippen MR) is 114 cm³/mol. The second kappa shape index (κ2) is 9.34. The number of morpholine rings is 1. The Bertz CT molecular complexity index is 917. The molecule has 1 saturated heterocycles. The molecule has 2 aliphatic rings. The maximum Gasteiger partial charge on any atom is 0.227 e. The number of hydrogen-bond acceptors (Lipinski definition) is 6. The fourth-order valence-corrected chi connectivity index (χ4v) is 3.25. The summed E-state index contributed by atoms with van der Waals surface area (Å²) >= 11 is 0. The van der Waals surface area contributed by atoms with Crippen LogP contribution in [0.4, 0.5) is 21.7 Å². The molecule has 150 valence electrons. The average Bonchev–Trinajstić information content (AvgIpc) is 2.90. The molecule has 2 aliphatic heterocycles. The lowest BCUT2D eigenvalue weighted by atomic mass is 10.1. The Balaban J connectivity index is 1.50. The minimum absolute atomic E-state index is 0.298. The highest BCUT2D eigenvalue weighted by Gasteiger charge is 2.13. The highest BCUT2D eigenvalue weighted by atomic mass is 19.1. The van der Waals surface area contributed by atoms with Gasteiger partial charge in [0.25, 0.3) is 0 Å². The summed E-state index contributed by atoms with van der Waals surface area (Å²) in [5.74, 6) is -0.0738. The van der Waals surface area contributed by atoms with E-state index < -0.39 is 5.82 Å². The van der Waals surface area contributed by atoms with Gasteiger partial charge in [-0.2, -0.15) is 0 Å². The maximum absolute atomic E-state index is 14.4. The average molecular weight is 393 g/mol. The maximum atomic E-state index is 14.4. The minimum atomic E-state index is -0.438. The van der Waals surface area contributed by atoms with E-state index in [1.165, 1.54) is 6.20 Å². The summed E-state index contributed by atoms with van der Waals surface area (Å²) in [5, 5.41) is 6.33. The number of allylic oxidation sites excluding steroid dienone is 4. The van der Waals surface area contributed by atoms with Crippen LogP contribution in [0, 0.1) is 5.82 Å². The van der Waals surface area contributed by atoms with Crippen LogP contribution in [-0.4, -0.2) is 42.8 Å². The van der Waals surface area contributed by atoms with Crippen molar-refractivity contribution < 1.29 is 9.13 Å². The van der Waals surface area contributed by atoms with Crippen LogP contribution in [0.5, 0.6) is 0 Å². The zero-order valence-corrected chi connectivity index (χ0v) is 16.1. The van der Waals surface area contributed by atoms with Crippen molar-refractivity contribution in [1.82, 2.24) is 15.3 Å². The molecular formula is C22H24FN5O. The molecule has 29 heavy (non-hydrogen) atoms. The van der Waals surface area contributed by atoms with Gasteiger partial charge in [-0.3, -0.25) is 0 Å². The number of ether oxygens (including phenoxy) is 1. The van der Waals surface area contributed by atoms with E-state index >= 15 is 0 Å². The van der Waals surface area contributed by atoms with Crippen LogP contribution in [0.25, 0.3) is 5.57 Å². The SMILES string of the molecule is Fc1cnc(Nc2ccc(N3CCOCC3)cc2)nc1/C1=C/NC/C=C\C=C/C1. The summed E-state index contributed by atoms with van der Waals surface area (Å²) in [6.45, 7) is 3.97. The first-order valence-corrected chi connectivity index (χ1v) is 9.76. The number of nitrogens with zero attached hydrogens (tertiary/aromatic N) is 3. The van der Waals surface area contributed by atoms with Crippen molar-refractivity contribution in [3.8, 4) is 0 Å². The number of rotatable bonds is 4. The van der Waals surface area contributed by atoms with Gasteiger partial charge in [0.15, 0.2) is 5.82 Å². The summed E-state index contributed by atoms with van der Waals surface area (Å²) in [6.07, 6.45) is 11.5. The third-order valence-electron chi connectivity index (χ3n) is 4.78. The first-order chi connectivity index (χ1) is 14.3. The van der Waals surface area contributed by atoms with E-state index in [0.717, 1.165) is 43.3 Å². The van der Waals surface area contributed by atoms with E-state index in [1.807, 2.05) is 42.6 Å². The summed E-state index contributed by atoms with van der Waals surface area (Å²) < 4.78 is 19.8. The summed E-state index contributed by atoms with van der Waals surface area (Å²) in [7, 11) is 0. The first-order valence-electron chi connectivity index (χ1n) is 9.76. The van der Waals surface area contributed by atoms with Crippen LogP contribution in [0.15, 0.2) is 61.0 Å². The molecule has 0 saturated carbocycles. The fourth-order valence-electron chi connectivity index (χ4n) is 3.25. The minimum Gasteiger partial charge on any atom is -0.387 e. The van der Waals surface area contributed by atoms with Gasteiger partial charge in [0.2, 0.25) is 5.95 Å². The molecule has 2 N–H and O–H groups in total. The predicted octanol–water partition coefficient (Wildman–Crippen LogP) is 3.64. The molecule has 0 amide bonds. The van der Waals surface area contributed by atoms with Crippen LogP contribution in [-0.2, 0) is 4.74 Å². The van der Waals surface area contributed by atoms with Crippen molar-refractivity contribution in [3.63, 3.8) is 0 Å². The van der Waals surface area contributed by atoms with Crippen molar-refractivity contribution >= 4 is 22.9 Å². The molecule has 4 rings (SSSR count). The van der Waals surface area contributed by atoms with E-state index in [1.54, 1.807) is 0 Å². The highest BCUT2D eigenvalue weighted by Crippen LogP contribution is 2.24. The van der Waals surface area contributed by atoms with Gasteiger partial charge < -0.3 is 20.3 Å². The lowest BCUT2D eigenvalue weighted by Crippen LogP contribution is -2.36. The summed E-state index contributed by atoms with van der Waals surface area (Å²) in [4.78, 5) is 10.8. The molecule has 2 aromatic rings. The molecule has 0 radical (unpaired) electrons. The van der Waals surface area contributed by atoms with Crippen LogP contribution in [0.1, 0.15) is 12.1 Å². The van der Waals surface area contributed by atoms with Crippen LogP contribution in [0.2, 0.25) is 0 Å². The lowest BCUT2D eigenvalue weighted by Gasteiger charge is -2.28. The quantitative estimate of drug-likeness (QED) is 0.827. The van der Waals surface area contributed by atoms with Crippen LogP contribution in [0.3, 0.4) is 0 Å². The lowest BCUT2D eigenvalue weighted by molar-refractivity contribution is 0.122. The molecule has 3 heterocycles. The largest absolute Gasteiger partial charge is 0.387 e. The third kappa shape index (κ3) is 5.00. The molecule has 0 unspecified atom stereocenters. The Morgan fingerprint density at radius 2 is 1.86 bits per heavy atom. The number of anilines is 3. The van der Waals surface area contributed by atoms with Crippen LogP contribution < -0.4 is 15.5 Å². The summed E-state index contributed by atoms with van der Waals surface area (Å²) in [5.41, 5.74) is 3.08. The van der Waals surface area contributed by atoms with E-state index in [2.05, 4.69) is 37.6 Å². The molecule has 0 spiro atoms. The second-order valence-corrected chi connectivity index (χ2v) is 6.80. The standard InChI is InChI=1S/C22H24FN5O/c23-20-16-25-22(27-21(20)17-5-3-1-2-4-10-24-15-17)26-18-6-8-19(9-7-18)28-11-13-29-14-12-28/h1-4,6-9,15-16,24H,5,10-14H2,(H,25,26,27)/b3-1-,4-2-,17-15+. The topological polar surface area (TPSA) is 62.3 Å². The van der Waals surface area contributed by atoms with Gasteiger partial charge in [-0.1, -0.05) is 24.3 Å². The monoisotopic (exact) mass is 393 g/mol. The molecule has 1 aromatic carbocycles. The van der Waals surface area contributed by atoms with Gasteiger partial charge in [0, 0.05) is 42.8 Å². The molecule has 0 bridgehead atoms. The number of benzene rings is 1. The van der Waals surface area contributed by atoms with Crippen molar-refractivity contribution in [1.29, 1.82) is 0 Å². The van der Waals surface area contributed by atoms with Crippen molar-refractivity contribution in [2.45, 2.75) is 6.42 Å². The summed E-state index contributed by atoms with van der Waals surface area (Å²) in [6, 6.07) is 8.07. The van der Waals surface area contributed by atoms with Gasteiger partial charge in [0.05, 0.1) is 19.4 Å². The highest BCUT2D eigenvalue weighted by molar-refractivity contribution is 5.66. The molecule has 1 aromatic heterocycles. The normalized spacial score (nSPS) is 21.0. The van der Waals surface area contributed by atoms with Crippen molar-refractivity contribution in [2.24, 2.45) is 0 Å². The Hall–Kier alpha value is -3.19. The van der Waals surface area contributed by atoms with Gasteiger partial charge >= 0.3 is 0 Å². The van der Waals surface area contributed by atoms with Crippen molar-refractivity contribution in [3.05, 3.63) is 72.5 Å². The molecule has 6 nitrogen and oxygen atoms in total. The Morgan fingerprint density at radius 3 is 2.69 bits per heavy atom. The van der Waals surface area contributed by atoms with Gasteiger partial charge in [-0.05, 0) is 30.7 Å². The number of nitrogens with one attached hydrogen (secondary N) is 2. The Labute approximate surface area is 169 Å². The molecule has 0 atom stereocenters. The van der Waals surface area contributed by atoms with Crippen molar-refractivity contribution in [2.75, 3.05) is 43.1 Å². The molecule has 7 heteroatoms. The zero-order chi connectivity index (χ0) is 19.9. The second-order valence-electron chi connectivity index (χ2n) is 6.80. The Kier molecular flexibility index (Phi) is 6.16. The van der Waals surface area contributed by atoms with E-state index in [9.17, 15) is 4.39 Å². The number of aromatic nitrogens is 2. The Morgan fingerprint density at radius 1 is 1.07 bits per heavy atom. The van der Waals surface area contributed by atoms with Crippen LogP contribution >= 0.6 is 0 Å². The first kappa shape index (κ1) is 19.1.